The molecule has 0 unspecified atom stereocenters. The number of thiazole rings is 1. The van der Waals surface area contributed by atoms with Gasteiger partial charge >= 0.3 is 0 Å². The Bertz CT molecular complexity index is 1840. The van der Waals surface area contributed by atoms with Crippen molar-refractivity contribution < 1.29 is 4.74 Å². The van der Waals surface area contributed by atoms with Crippen LogP contribution >= 0.6 is 11.3 Å². The van der Waals surface area contributed by atoms with Gasteiger partial charge in [-0.25, -0.2) is 9.38 Å². The van der Waals surface area contributed by atoms with Crippen LogP contribution in [0, 0.1) is 20.8 Å². The Hall–Kier alpha value is -3.90. The normalized spacial score (nSPS) is 12.4. The number of aromatic nitrogens is 3. The standard InChI is InChI=1S/C29H25N3O2S/c1-18-12-13-26(19(2)16-18)34-15-14-31-20(3)22(21-8-4-6-10-24(21)31)17-27-28(33)32-25-11-7-5-9-23(25)30-29(32)35-27/h4-13,16-17H,14-15H2,1-3H3. The number of fused-ring (bicyclic) bond motifs is 4. The molecule has 0 saturated heterocycles. The van der Waals surface area contributed by atoms with Gasteiger partial charge in [-0.2, -0.15) is 0 Å². The zero-order chi connectivity index (χ0) is 24.1. The van der Waals surface area contributed by atoms with Crippen molar-refractivity contribution in [3.05, 3.63) is 104 Å². The molecule has 0 amide bonds. The van der Waals surface area contributed by atoms with Crippen molar-refractivity contribution in [1.82, 2.24) is 14.0 Å². The third kappa shape index (κ3) is 3.61. The fraction of sp³-hybridized carbons (Fsp3) is 0.172. The molecule has 0 N–H and O–H groups in total. The summed E-state index contributed by atoms with van der Waals surface area (Å²) in [6, 6.07) is 22.4. The van der Waals surface area contributed by atoms with Crippen LogP contribution < -0.4 is 14.8 Å². The Morgan fingerprint density at radius 2 is 1.74 bits per heavy atom. The molecule has 5 nitrogen and oxygen atoms in total. The van der Waals surface area contributed by atoms with E-state index in [1.165, 1.54) is 16.9 Å². The number of benzene rings is 3. The van der Waals surface area contributed by atoms with Crippen LogP contribution in [0.5, 0.6) is 5.75 Å². The van der Waals surface area contributed by atoms with E-state index in [1.807, 2.05) is 42.5 Å². The van der Waals surface area contributed by atoms with Gasteiger partial charge in [-0.1, -0.05) is 59.4 Å². The van der Waals surface area contributed by atoms with Crippen molar-refractivity contribution in [3.8, 4) is 5.75 Å². The van der Waals surface area contributed by atoms with Gasteiger partial charge in [0.1, 0.15) is 12.4 Å². The van der Waals surface area contributed by atoms with Gasteiger partial charge in [0.2, 0.25) is 0 Å². The van der Waals surface area contributed by atoms with Gasteiger partial charge in [0.15, 0.2) is 4.96 Å². The molecule has 174 valence electrons. The van der Waals surface area contributed by atoms with E-state index in [2.05, 4.69) is 60.7 Å². The van der Waals surface area contributed by atoms with E-state index in [1.54, 1.807) is 4.40 Å². The van der Waals surface area contributed by atoms with Crippen LogP contribution in [0.2, 0.25) is 0 Å². The largest absolute Gasteiger partial charge is 0.491 e. The summed E-state index contributed by atoms with van der Waals surface area (Å²) in [5.74, 6) is 0.918. The number of rotatable bonds is 5. The van der Waals surface area contributed by atoms with Crippen molar-refractivity contribution in [2.75, 3.05) is 6.61 Å². The van der Waals surface area contributed by atoms with Gasteiger partial charge in [-0.3, -0.25) is 4.79 Å². The molecule has 6 rings (SSSR count). The van der Waals surface area contributed by atoms with Gasteiger partial charge in [0.25, 0.3) is 5.56 Å². The number of para-hydroxylation sites is 3. The average molecular weight is 480 g/mol. The monoisotopic (exact) mass is 479 g/mol. The third-order valence-electron chi connectivity index (χ3n) is 6.60. The van der Waals surface area contributed by atoms with Crippen molar-refractivity contribution in [3.63, 3.8) is 0 Å². The minimum atomic E-state index is -0.0203. The number of hydrogen-bond acceptors (Lipinski definition) is 4. The molecular weight excluding hydrogens is 454 g/mol. The molecule has 3 aromatic heterocycles. The highest BCUT2D eigenvalue weighted by molar-refractivity contribution is 7.15. The average Bonchev–Trinajstić information content (AvgIpc) is 3.45. The first-order valence-corrected chi connectivity index (χ1v) is 12.5. The second kappa shape index (κ2) is 8.40. The SMILES string of the molecule is Cc1ccc(OCCn2c(C)c(C=c3sc4nc5ccccc5n4c3=O)c3ccccc32)c(C)c1. The van der Waals surface area contributed by atoms with E-state index in [0.717, 1.165) is 56.0 Å². The summed E-state index contributed by atoms with van der Waals surface area (Å²) in [6.45, 7) is 7.56. The summed E-state index contributed by atoms with van der Waals surface area (Å²) in [7, 11) is 0. The lowest BCUT2D eigenvalue weighted by molar-refractivity contribution is 0.297. The van der Waals surface area contributed by atoms with Gasteiger partial charge in [0.05, 0.1) is 22.1 Å². The molecule has 0 fully saturated rings. The third-order valence-corrected chi connectivity index (χ3v) is 7.57. The molecule has 0 spiro atoms. The smallest absolute Gasteiger partial charge is 0.274 e. The molecule has 0 bridgehead atoms. The van der Waals surface area contributed by atoms with Gasteiger partial charge in [-0.05, 0) is 56.7 Å². The Kier molecular flexibility index (Phi) is 5.19. The predicted octanol–water partition coefficient (Wildman–Crippen LogP) is 5.42. The second-order valence-corrected chi connectivity index (χ2v) is 9.93. The van der Waals surface area contributed by atoms with Crippen LogP contribution in [0.1, 0.15) is 22.4 Å². The van der Waals surface area contributed by atoms with E-state index in [-0.39, 0.29) is 5.56 Å². The van der Waals surface area contributed by atoms with Gasteiger partial charge in [-0.15, -0.1) is 0 Å². The highest BCUT2D eigenvalue weighted by Crippen LogP contribution is 2.27. The summed E-state index contributed by atoms with van der Waals surface area (Å²) >= 11 is 1.44. The van der Waals surface area contributed by atoms with Crippen molar-refractivity contribution in [2.45, 2.75) is 27.3 Å². The molecule has 6 heteroatoms. The Balaban J connectivity index is 1.40. The van der Waals surface area contributed by atoms with E-state index in [9.17, 15) is 4.79 Å². The zero-order valence-corrected chi connectivity index (χ0v) is 20.7. The highest BCUT2D eigenvalue weighted by Gasteiger charge is 2.15. The topological polar surface area (TPSA) is 48.5 Å². The molecule has 0 saturated carbocycles. The first kappa shape index (κ1) is 21.6. The van der Waals surface area contributed by atoms with Crippen LogP contribution in [0.3, 0.4) is 0 Å². The van der Waals surface area contributed by atoms with Crippen molar-refractivity contribution in [2.24, 2.45) is 0 Å². The lowest BCUT2D eigenvalue weighted by Crippen LogP contribution is -2.22. The van der Waals surface area contributed by atoms with E-state index in [4.69, 9.17) is 4.74 Å². The summed E-state index contributed by atoms with van der Waals surface area (Å²) in [5, 5.41) is 1.13. The molecule has 35 heavy (non-hydrogen) atoms. The van der Waals surface area contributed by atoms with Crippen LogP contribution in [0.4, 0.5) is 0 Å². The number of ether oxygens (including phenoxy) is 1. The van der Waals surface area contributed by atoms with Crippen LogP contribution in [0.15, 0.2) is 71.5 Å². The number of hydrogen-bond donors (Lipinski definition) is 0. The maximum atomic E-state index is 13.3. The summed E-state index contributed by atoms with van der Waals surface area (Å²) < 4.78 is 10.8. The van der Waals surface area contributed by atoms with Crippen LogP contribution in [-0.4, -0.2) is 20.6 Å². The summed E-state index contributed by atoms with van der Waals surface area (Å²) in [6.07, 6.45) is 2.02. The molecule has 0 atom stereocenters. The van der Waals surface area contributed by atoms with Gasteiger partial charge in [0, 0.05) is 22.2 Å². The maximum absolute atomic E-state index is 13.3. The molecule has 0 radical (unpaired) electrons. The second-order valence-electron chi connectivity index (χ2n) is 8.92. The van der Waals surface area contributed by atoms with E-state index >= 15 is 0 Å². The minimum absolute atomic E-state index is 0.0203. The number of imidazole rings is 1. The number of nitrogens with zero attached hydrogens (tertiary/aromatic N) is 3. The highest BCUT2D eigenvalue weighted by atomic mass is 32.1. The first-order valence-electron chi connectivity index (χ1n) is 11.7. The molecule has 3 heterocycles. The molecule has 6 aromatic rings. The Labute approximate surface area is 206 Å². The lowest BCUT2D eigenvalue weighted by atomic mass is 10.1. The first-order chi connectivity index (χ1) is 17.0. The molecule has 0 aliphatic rings. The van der Waals surface area contributed by atoms with Gasteiger partial charge < -0.3 is 9.30 Å². The predicted molar refractivity (Wildman–Crippen MR) is 144 cm³/mol. The fourth-order valence-electron chi connectivity index (χ4n) is 4.88. The van der Waals surface area contributed by atoms with Crippen LogP contribution in [0.25, 0.3) is 33.0 Å². The summed E-state index contributed by atoms with van der Waals surface area (Å²) in [4.78, 5) is 18.7. The lowest BCUT2D eigenvalue weighted by Gasteiger charge is -2.12. The van der Waals surface area contributed by atoms with E-state index in [0.29, 0.717) is 11.1 Å². The fourth-order valence-corrected chi connectivity index (χ4v) is 5.85. The van der Waals surface area contributed by atoms with Crippen molar-refractivity contribution >= 4 is 44.3 Å². The maximum Gasteiger partial charge on any atom is 0.274 e. The van der Waals surface area contributed by atoms with Crippen LogP contribution in [-0.2, 0) is 6.54 Å². The molecule has 0 aliphatic heterocycles. The quantitative estimate of drug-likeness (QED) is 0.332. The Morgan fingerprint density at radius 1 is 0.971 bits per heavy atom. The summed E-state index contributed by atoms with van der Waals surface area (Å²) in [5.41, 5.74) is 7.38. The number of aryl methyl sites for hydroxylation is 2. The molecular formula is C29H25N3O2S. The Morgan fingerprint density at radius 3 is 2.57 bits per heavy atom. The molecule has 0 aliphatic carbocycles. The van der Waals surface area contributed by atoms with E-state index < -0.39 is 0 Å². The minimum Gasteiger partial charge on any atom is -0.491 e. The van der Waals surface area contributed by atoms with Crippen molar-refractivity contribution in [1.29, 1.82) is 0 Å². The molecule has 3 aromatic carbocycles. The zero-order valence-electron chi connectivity index (χ0n) is 19.9.